The van der Waals surface area contributed by atoms with Crippen molar-refractivity contribution in [3.05, 3.63) is 32.8 Å². The second-order valence-corrected chi connectivity index (χ2v) is 7.08. The predicted molar refractivity (Wildman–Crippen MR) is 72.9 cm³/mol. The van der Waals surface area contributed by atoms with E-state index < -0.39 is 9.84 Å². The van der Waals surface area contributed by atoms with Gasteiger partial charge in [0.2, 0.25) is 0 Å². The molecule has 0 amide bonds. The van der Waals surface area contributed by atoms with Gasteiger partial charge in [-0.2, -0.15) is 0 Å². The van der Waals surface area contributed by atoms with Crippen LogP contribution < -0.4 is 5.32 Å². The van der Waals surface area contributed by atoms with Gasteiger partial charge in [0.25, 0.3) is 0 Å². The van der Waals surface area contributed by atoms with Gasteiger partial charge in [0.05, 0.1) is 15.8 Å². The molecule has 96 valence electrons. The first-order valence-electron chi connectivity index (χ1n) is 4.82. The lowest BCUT2D eigenvalue weighted by atomic mass is 10.2. The van der Waals surface area contributed by atoms with Gasteiger partial charge in [-0.05, 0) is 12.1 Å². The molecule has 1 aromatic carbocycles. The van der Waals surface area contributed by atoms with Crippen LogP contribution in [0.3, 0.4) is 0 Å². The minimum atomic E-state index is -2.96. The van der Waals surface area contributed by atoms with Crippen molar-refractivity contribution in [3.8, 4) is 0 Å². The number of benzene rings is 1. The lowest BCUT2D eigenvalue weighted by Crippen LogP contribution is -2.22. The van der Waals surface area contributed by atoms with Gasteiger partial charge in [0.1, 0.15) is 9.84 Å². The fourth-order valence-corrected chi connectivity index (χ4v) is 2.40. The van der Waals surface area contributed by atoms with Crippen LogP contribution in [-0.4, -0.2) is 27.0 Å². The van der Waals surface area contributed by atoms with Gasteiger partial charge in [0, 0.05) is 29.9 Å². The van der Waals surface area contributed by atoms with Gasteiger partial charge in [-0.3, -0.25) is 0 Å². The van der Waals surface area contributed by atoms with Crippen molar-refractivity contribution in [1.82, 2.24) is 5.32 Å². The Morgan fingerprint density at radius 1 is 1.18 bits per heavy atom. The minimum Gasteiger partial charge on any atom is -0.312 e. The maximum Gasteiger partial charge on any atom is 0.148 e. The van der Waals surface area contributed by atoms with Crippen molar-refractivity contribution >= 4 is 44.6 Å². The summed E-state index contributed by atoms with van der Waals surface area (Å²) < 4.78 is 21.8. The third-order valence-corrected chi connectivity index (χ3v) is 4.23. The molecule has 0 spiro atoms. The number of hydrogen-bond acceptors (Lipinski definition) is 3. The molecule has 1 rings (SSSR count). The molecule has 17 heavy (non-hydrogen) atoms. The molecule has 0 atom stereocenters. The monoisotopic (exact) mass is 315 g/mol. The first-order valence-corrected chi connectivity index (χ1v) is 8.01. The highest BCUT2D eigenvalue weighted by atomic mass is 35.5. The second-order valence-electron chi connectivity index (χ2n) is 3.63. The van der Waals surface area contributed by atoms with E-state index in [4.69, 9.17) is 34.8 Å². The highest BCUT2D eigenvalue weighted by Gasteiger charge is 2.09. The molecule has 1 N–H and O–H groups in total. The molecule has 0 radical (unpaired) electrons. The summed E-state index contributed by atoms with van der Waals surface area (Å²) in [6.07, 6.45) is 1.19. The fourth-order valence-electron chi connectivity index (χ4n) is 1.20. The summed E-state index contributed by atoms with van der Waals surface area (Å²) in [5, 5.41) is 4.29. The molecule has 0 aliphatic heterocycles. The van der Waals surface area contributed by atoms with E-state index in [-0.39, 0.29) is 5.75 Å². The number of hydrogen-bond donors (Lipinski definition) is 1. The van der Waals surface area contributed by atoms with E-state index in [1.54, 1.807) is 12.1 Å². The molecule has 0 aliphatic rings. The molecule has 0 bridgehead atoms. The zero-order valence-electron chi connectivity index (χ0n) is 9.13. The highest BCUT2D eigenvalue weighted by molar-refractivity contribution is 7.90. The summed E-state index contributed by atoms with van der Waals surface area (Å²) in [5.74, 6) is 0.0722. The van der Waals surface area contributed by atoms with E-state index in [2.05, 4.69) is 5.32 Å². The van der Waals surface area contributed by atoms with E-state index in [0.717, 1.165) is 0 Å². The van der Waals surface area contributed by atoms with Gasteiger partial charge in [-0.1, -0.05) is 34.8 Å². The van der Waals surface area contributed by atoms with Gasteiger partial charge in [0.15, 0.2) is 0 Å². The normalized spacial score (nSPS) is 11.8. The van der Waals surface area contributed by atoms with Crippen molar-refractivity contribution in [3.63, 3.8) is 0 Å². The summed E-state index contributed by atoms with van der Waals surface area (Å²) in [4.78, 5) is 0. The Kier molecular flexibility index (Phi) is 5.54. The summed E-state index contributed by atoms with van der Waals surface area (Å²) >= 11 is 17.8. The topological polar surface area (TPSA) is 46.2 Å². The molecular formula is C10H12Cl3NO2S. The average molecular weight is 317 g/mol. The molecule has 0 unspecified atom stereocenters. The first kappa shape index (κ1) is 15.1. The van der Waals surface area contributed by atoms with Gasteiger partial charge in [-0.15, -0.1) is 0 Å². The zero-order valence-corrected chi connectivity index (χ0v) is 12.2. The third-order valence-electron chi connectivity index (χ3n) is 2.09. The SMILES string of the molecule is CS(=O)(=O)CCNCc1c(Cl)ccc(Cl)c1Cl. The number of nitrogens with one attached hydrogen (secondary N) is 1. The molecular weight excluding hydrogens is 305 g/mol. The molecule has 0 aliphatic carbocycles. The van der Waals surface area contributed by atoms with Crippen LogP contribution in [-0.2, 0) is 16.4 Å². The van der Waals surface area contributed by atoms with E-state index in [1.165, 1.54) is 6.26 Å². The smallest absolute Gasteiger partial charge is 0.148 e. The van der Waals surface area contributed by atoms with Crippen LogP contribution >= 0.6 is 34.8 Å². The van der Waals surface area contributed by atoms with Crippen LogP contribution in [0.15, 0.2) is 12.1 Å². The second kappa shape index (κ2) is 6.25. The molecule has 3 nitrogen and oxygen atoms in total. The zero-order chi connectivity index (χ0) is 13.1. The van der Waals surface area contributed by atoms with E-state index in [1.807, 2.05) is 0 Å². The van der Waals surface area contributed by atoms with Crippen LogP contribution in [0.4, 0.5) is 0 Å². The Balaban J connectivity index is 2.61. The van der Waals surface area contributed by atoms with Crippen molar-refractivity contribution in [2.45, 2.75) is 6.54 Å². The Morgan fingerprint density at radius 2 is 1.76 bits per heavy atom. The van der Waals surface area contributed by atoms with Crippen LogP contribution in [0.2, 0.25) is 15.1 Å². The van der Waals surface area contributed by atoms with E-state index in [0.29, 0.717) is 33.7 Å². The van der Waals surface area contributed by atoms with Gasteiger partial charge >= 0.3 is 0 Å². The maximum atomic E-state index is 10.9. The number of halogens is 3. The molecule has 0 saturated carbocycles. The molecule has 0 aromatic heterocycles. The average Bonchev–Trinajstić information content (AvgIpc) is 2.21. The van der Waals surface area contributed by atoms with Crippen molar-refractivity contribution in [2.24, 2.45) is 0 Å². The third kappa shape index (κ3) is 5.02. The lowest BCUT2D eigenvalue weighted by Gasteiger charge is -2.09. The Morgan fingerprint density at radius 3 is 2.35 bits per heavy atom. The maximum absolute atomic E-state index is 10.9. The summed E-state index contributed by atoms with van der Waals surface area (Å²) in [6, 6.07) is 3.27. The van der Waals surface area contributed by atoms with Gasteiger partial charge in [-0.25, -0.2) is 8.42 Å². The van der Waals surface area contributed by atoms with Crippen molar-refractivity contribution in [2.75, 3.05) is 18.6 Å². The quantitative estimate of drug-likeness (QED) is 0.671. The van der Waals surface area contributed by atoms with Crippen molar-refractivity contribution < 1.29 is 8.42 Å². The number of sulfone groups is 1. The Bertz CT molecular complexity index is 503. The molecule has 0 saturated heterocycles. The molecule has 1 aromatic rings. The fraction of sp³-hybridized carbons (Fsp3) is 0.400. The van der Waals surface area contributed by atoms with Crippen LogP contribution in [0.5, 0.6) is 0 Å². The van der Waals surface area contributed by atoms with E-state index in [9.17, 15) is 8.42 Å². The van der Waals surface area contributed by atoms with Crippen molar-refractivity contribution in [1.29, 1.82) is 0 Å². The molecule has 0 fully saturated rings. The number of rotatable bonds is 5. The van der Waals surface area contributed by atoms with Gasteiger partial charge < -0.3 is 5.32 Å². The summed E-state index contributed by atoms with van der Waals surface area (Å²) in [5.41, 5.74) is 0.675. The van der Waals surface area contributed by atoms with Crippen LogP contribution in [0.1, 0.15) is 5.56 Å². The predicted octanol–water partition coefficient (Wildman–Crippen LogP) is 2.78. The van der Waals surface area contributed by atoms with Crippen LogP contribution in [0.25, 0.3) is 0 Å². The highest BCUT2D eigenvalue weighted by Crippen LogP contribution is 2.31. The molecule has 7 heteroatoms. The van der Waals surface area contributed by atoms with Crippen LogP contribution in [0, 0.1) is 0 Å². The standard InChI is InChI=1S/C10H12Cl3NO2S/c1-17(15,16)5-4-14-6-7-8(11)2-3-9(12)10(7)13/h2-3,14H,4-6H2,1H3. The lowest BCUT2D eigenvalue weighted by molar-refractivity contribution is 0.596. The Labute approximate surface area is 116 Å². The summed E-state index contributed by atoms with van der Waals surface area (Å²) in [7, 11) is -2.96. The Hall–Kier alpha value is -0.000000000000000167. The first-order chi connectivity index (χ1) is 7.81. The summed E-state index contributed by atoms with van der Waals surface area (Å²) in [6.45, 7) is 0.728. The molecule has 0 heterocycles. The largest absolute Gasteiger partial charge is 0.312 e. The van der Waals surface area contributed by atoms with E-state index >= 15 is 0 Å². The minimum absolute atomic E-state index is 0.0722.